The van der Waals surface area contributed by atoms with E-state index in [0.717, 1.165) is 13.1 Å². The van der Waals surface area contributed by atoms with Crippen LogP contribution in [0.15, 0.2) is 53.4 Å². The maximum Gasteiger partial charge on any atom is 0.101 e. The molecule has 18 heavy (non-hydrogen) atoms. The lowest BCUT2D eigenvalue weighted by Crippen LogP contribution is -2.80. The van der Waals surface area contributed by atoms with Crippen LogP contribution in [0.25, 0.3) is 0 Å². The molecule has 0 atom stereocenters. The van der Waals surface area contributed by atoms with Gasteiger partial charge >= 0.3 is 0 Å². The van der Waals surface area contributed by atoms with Gasteiger partial charge in [-0.05, 0) is 25.3 Å². The molecular weight excluding hydrogens is 238 g/mol. The molecule has 94 valence electrons. The van der Waals surface area contributed by atoms with Gasteiger partial charge in [-0.2, -0.15) is 0 Å². The molecular formula is C16H20NS+. The van der Waals surface area contributed by atoms with Gasteiger partial charge in [-0.3, -0.25) is 0 Å². The minimum absolute atomic E-state index is 1.04. The van der Waals surface area contributed by atoms with Crippen molar-refractivity contribution in [3.05, 3.63) is 65.2 Å². The Kier molecular flexibility index (Phi) is 4.85. The Morgan fingerprint density at radius 2 is 1.33 bits per heavy atom. The van der Waals surface area contributed by atoms with E-state index in [-0.39, 0.29) is 0 Å². The van der Waals surface area contributed by atoms with Crippen molar-refractivity contribution in [2.75, 3.05) is 6.26 Å². The van der Waals surface area contributed by atoms with Crippen LogP contribution in [0.1, 0.15) is 16.7 Å². The normalized spacial score (nSPS) is 10.6. The first kappa shape index (κ1) is 13.2. The number of hydrogen-bond acceptors (Lipinski definition) is 1. The van der Waals surface area contributed by atoms with Crippen molar-refractivity contribution < 1.29 is 5.32 Å². The van der Waals surface area contributed by atoms with E-state index in [1.807, 2.05) is 0 Å². The van der Waals surface area contributed by atoms with Crippen LogP contribution in [0.2, 0.25) is 0 Å². The van der Waals surface area contributed by atoms with E-state index in [2.05, 4.69) is 67.0 Å². The Morgan fingerprint density at radius 3 is 1.83 bits per heavy atom. The topological polar surface area (TPSA) is 16.6 Å². The van der Waals surface area contributed by atoms with Gasteiger partial charge in [-0.1, -0.05) is 42.0 Å². The number of benzene rings is 2. The highest BCUT2D eigenvalue weighted by molar-refractivity contribution is 7.98. The maximum absolute atomic E-state index is 2.35. The fraction of sp³-hybridized carbons (Fsp3) is 0.250. The van der Waals surface area contributed by atoms with Crippen LogP contribution in [0.5, 0.6) is 0 Å². The third-order valence-corrected chi connectivity index (χ3v) is 3.78. The van der Waals surface area contributed by atoms with Crippen LogP contribution < -0.4 is 5.32 Å². The molecule has 1 nitrogen and oxygen atoms in total. The van der Waals surface area contributed by atoms with E-state index in [1.165, 1.54) is 21.6 Å². The van der Waals surface area contributed by atoms with Gasteiger partial charge in [0, 0.05) is 16.0 Å². The first-order valence-corrected chi connectivity index (χ1v) is 7.50. The molecule has 0 aliphatic carbocycles. The molecule has 0 radical (unpaired) electrons. The predicted octanol–water partition coefficient (Wildman–Crippen LogP) is 2.98. The average Bonchev–Trinajstić information content (AvgIpc) is 2.42. The molecule has 0 bridgehead atoms. The van der Waals surface area contributed by atoms with Gasteiger partial charge in [0.2, 0.25) is 0 Å². The number of hydrogen-bond donors (Lipinski definition) is 1. The quantitative estimate of drug-likeness (QED) is 0.816. The highest BCUT2D eigenvalue weighted by atomic mass is 32.2. The van der Waals surface area contributed by atoms with Crippen LogP contribution in [-0.2, 0) is 13.1 Å². The van der Waals surface area contributed by atoms with Gasteiger partial charge < -0.3 is 5.32 Å². The van der Waals surface area contributed by atoms with Crippen LogP contribution in [0, 0.1) is 6.92 Å². The Morgan fingerprint density at radius 1 is 0.833 bits per heavy atom. The van der Waals surface area contributed by atoms with E-state index in [9.17, 15) is 0 Å². The Hall–Kier alpha value is -1.25. The molecule has 0 saturated carbocycles. The molecule has 0 fully saturated rings. The Labute approximate surface area is 114 Å². The van der Waals surface area contributed by atoms with E-state index in [1.54, 1.807) is 11.8 Å². The zero-order valence-corrected chi connectivity index (χ0v) is 11.8. The molecule has 0 aliphatic heterocycles. The van der Waals surface area contributed by atoms with E-state index in [0.29, 0.717) is 0 Å². The monoisotopic (exact) mass is 258 g/mol. The van der Waals surface area contributed by atoms with Gasteiger partial charge in [0.25, 0.3) is 0 Å². The fourth-order valence-electron chi connectivity index (χ4n) is 1.89. The number of nitrogens with two attached hydrogens (primary N) is 1. The lowest BCUT2D eigenvalue weighted by molar-refractivity contribution is -0.686. The maximum atomic E-state index is 2.35. The molecule has 2 aromatic rings. The minimum Gasteiger partial charge on any atom is -0.339 e. The van der Waals surface area contributed by atoms with Crippen molar-refractivity contribution in [2.45, 2.75) is 24.9 Å². The number of thioether (sulfide) groups is 1. The van der Waals surface area contributed by atoms with Gasteiger partial charge in [0.1, 0.15) is 13.1 Å². The molecule has 0 aromatic heterocycles. The van der Waals surface area contributed by atoms with Crippen molar-refractivity contribution in [3.63, 3.8) is 0 Å². The van der Waals surface area contributed by atoms with Crippen molar-refractivity contribution in [2.24, 2.45) is 0 Å². The average molecular weight is 258 g/mol. The smallest absolute Gasteiger partial charge is 0.101 e. The number of aryl methyl sites for hydroxylation is 1. The second-order valence-electron chi connectivity index (χ2n) is 4.53. The highest BCUT2D eigenvalue weighted by Crippen LogP contribution is 2.14. The lowest BCUT2D eigenvalue weighted by Gasteiger charge is -2.03. The molecule has 2 heteroatoms. The molecule has 0 amide bonds. The molecule has 0 aliphatic rings. The summed E-state index contributed by atoms with van der Waals surface area (Å²) in [6.07, 6.45) is 2.11. The van der Waals surface area contributed by atoms with Crippen LogP contribution in [-0.4, -0.2) is 6.26 Å². The Balaban J connectivity index is 1.82. The minimum atomic E-state index is 1.04. The van der Waals surface area contributed by atoms with Gasteiger partial charge in [0.15, 0.2) is 0 Å². The fourth-order valence-corrected chi connectivity index (χ4v) is 2.30. The SMILES string of the molecule is CSc1ccc(C[NH2+]Cc2ccc(C)cc2)cc1. The molecule has 2 aromatic carbocycles. The van der Waals surface area contributed by atoms with E-state index < -0.39 is 0 Å². The summed E-state index contributed by atoms with van der Waals surface area (Å²) in [5.74, 6) is 0. The summed E-state index contributed by atoms with van der Waals surface area (Å²) in [6, 6.07) is 17.6. The van der Waals surface area contributed by atoms with Crippen LogP contribution >= 0.6 is 11.8 Å². The van der Waals surface area contributed by atoms with Crippen LogP contribution in [0.3, 0.4) is 0 Å². The molecule has 0 heterocycles. The number of rotatable bonds is 5. The van der Waals surface area contributed by atoms with Crippen LogP contribution in [0.4, 0.5) is 0 Å². The zero-order valence-electron chi connectivity index (χ0n) is 11.0. The first-order valence-electron chi connectivity index (χ1n) is 6.28. The molecule has 0 unspecified atom stereocenters. The zero-order chi connectivity index (χ0) is 12.8. The van der Waals surface area contributed by atoms with Gasteiger partial charge in [-0.15, -0.1) is 11.8 Å². The summed E-state index contributed by atoms with van der Waals surface area (Å²) in [5, 5.41) is 2.35. The lowest BCUT2D eigenvalue weighted by atomic mass is 10.1. The number of quaternary nitrogens is 1. The third-order valence-electron chi connectivity index (χ3n) is 3.04. The van der Waals surface area contributed by atoms with E-state index >= 15 is 0 Å². The summed E-state index contributed by atoms with van der Waals surface area (Å²) >= 11 is 1.79. The van der Waals surface area contributed by atoms with Crippen molar-refractivity contribution >= 4 is 11.8 Å². The van der Waals surface area contributed by atoms with Crippen molar-refractivity contribution in [3.8, 4) is 0 Å². The predicted molar refractivity (Wildman–Crippen MR) is 78.7 cm³/mol. The highest BCUT2D eigenvalue weighted by Gasteiger charge is 1.98. The first-order chi connectivity index (χ1) is 8.78. The summed E-state index contributed by atoms with van der Waals surface area (Å²) in [7, 11) is 0. The van der Waals surface area contributed by atoms with Gasteiger partial charge in [0.05, 0.1) is 0 Å². The molecule has 2 rings (SSSR count). The summed E-state index contributed by atoms with van der Waals surface area (Å²) < 4.78 is 0. The molecule has 2 N–H and O–H groups in total. The van der Waals surface area contributed by atoms with Crippen molar-refractivity contribution in [1.29, 1.82) is 0 Å². The standard InChI is InChI=1S/C16H19NS/c1-13-3-5-14(6-4-13)11-17-12-15-7-9-16(18-2)10-8-15/h3-10,17H,11-12H2,1-2H3/p+1. The van der Waals surface area contributed by atoms with Gasteiger partial charge in [-0.25, -0.2) is 0 Å². The Bertz CT molecular complexity index is 473. The largest absolute Gasteiger partial charge is 0.339 e. The third kappa shape index (κ3) is 3.90. The summed E-state index contributed by atoms with van der Waals surface area (Å²) in [6.45, 7) is 4.22. The second kappa shape index (κ2) is 6.62. The summed E-state index contributed by atoms with van der Waals surface area (Å²) in [4.78, 5) is 1.33. The summed E-state index contributed by atoms with van der Waals surface area (Å²) in [5.41, 5.74) is 4.10. The van der Waals surface area contributed by atoms with Crippen molar-refractivity contribution in [1.82, 2.24) is 0 Å². The molecule has 0 saturated heterocycles. The second-order valence-corrected chi connectivity index (χ2v) is 5.41. The van der Waals surface area contributed by atoms with E-state index in [4.69, 9.17) is 0 Å². The molecule has 0 spiro atoms.